The molecular weight excluding hydrogens is 267 g/mol. The zero-order chi connectivity index (χ0) is 8.48. The van der Waals surface area contributed by atoms with E-state index in [1.165, 1.54) is 10.9 Å². The van der Waals surface area contributed by atoms with E-state index in [9.17, 15) is 0 Å². The van der Waals surface area contributed by atoms with Crippen molar-refractivity contribution in [2.75, 3.05) is 0 Å². The molecule has 0 aliphatic rings. The number of furan rings is 1. The predicted octanol–water partition coefficient (Wildman–Crippen LogP) is 2.76. The van der Waals surface area contributed by atoms with Gasteiger partial charge in [0.15, 0.2) is 0 Å². The molecule has 0 aromatic carbocycles. The van der Waals surface area contributed by atoms with Crippen LogP contribution in [0.15, 0.2) is 16.7 Å². The second-order valence-electron chi connectivity index (χ2n) is 3.70. The number of hydrogen-bond acceptors (Lipinski definition) is 1. The standard InChI is InChI=1S/C8H13IOSi/c1-11(2,3)8-4-7(5-9)6-10-8/h4,6H,5H2,1-3H3. The van der Waals surface area contributed by atoms with Gasteiger partial charge in [0, 0.05) is 4.43 Å². The molecule has 0 fully saturated rings. The normalized spacial score (nSPS) is 12.0. The zero-order valence-corrected chi connectivity index (χ0v) is 10.3. The average molecular weight is 280 g/mol. The van der Waals surface area contributed by atoms with Crippen molar-refractivity contribution in [3.05, 3.63) is 17.9 Å². The van der Waals surface area contributed by atoms with E-state index in [1.807, 2.05) is 6.26 Å². The lowest BCUT2D eigenvalue weighted by molar-refractivity contribution is 0.595. The van der Waals surface area contributed by atoms with Gasteiger partial charge in [-0.3, -0.25) is 0 Å². The first-order chi connectivity index (χ1) is 5.04. The summed E-state index contributed by atoms with van der Waals surface area (Å²) < 4.78 is 6.52. The Balaban J connectivity index is 2.89. The third kappa shape index (κ3) is 2.33. The molecule has 11 heavy (non-hydrogen) atoms. The third-order valence-corrected chi connectivity index (χ3v) is 4.17. The molecule has 0 atom stereocenters. The molecule has 0 amide bonds. The SMILES string of the molecule is C[Si](C)(C)c1cc(CI)co1. The van der Waals surface area contributed by atoms with Gasteiger partial charge in [-0.2, -0.15) is 0 Å². The lowest BCUT2D eigenvalue weighted by Crippen LogP contribution is -2.36. The van der Waals surface area contributed by atoms with Gasteiger partial charge in [0.25, 0.3) is 0 Å². The zero-order valence-electron chi connectivity index (χ0n) is 7.15. The van der Waals surface area contributed by atoms with Gasteiger partial charge >= 0.3 is 0 Å². The van der Waals surface area contributed by atoms with Gasteiger partial charge in [-0.25, -0.2) is 0 Å². The van der Waals surface area contributed by atoms with E-state index in [2.05, 4.69) is 48.3 Å². The fraction of sp³-hybridized carbons (Fsp3) is 0.500. The van der Waals surface area contributed by atoms with Crippen LogP contribution in [0.5, 0.6) is 0 Å². The van der Waals surface area contributed by atoms with Crippen molar-refractivity contribution in [1.29, 1.82) is 0 Å². The lowest BCUT2D eigenvalue weighted by atomic mass is 10.4. The second-order valence-corrected chi connectivity index (χ2v) is 9.46. The number of hydrogen-bond donors (Lipinski definition) is 0. The molecule has 62 valence electrons. The van der Waals surface area contributed by atoms with Crippen molar-refractivity contribution in [3.8, 4) is 0 Å². The van der Waals surface area contributed by atoms with Gasteiger partial charge in [0.05, 0.1) is 11.6 Å². The minimum absolute atomic E-state index is 1.05. The monoisotopic (exact) mass is 280 g/mol. The summed E-state index contributed by atoms with van der Waals surface area (Å²) in [5, 5.41) is 1.21. The van der Waals surface area contributed by atoms with Crippen molar-refractivity contribution >= 4 is 36.0 Å². The Morgan fingerprint density at radius 1 is 1.45 bits per heavy atom. The molecule has 1 heterocycles. The molecule has 3 heteroatoms. The summed E-state index contributed by atoms with van der Waals surface area (Å²) in [6.07, 6.45) is 1.88. The van der Waals surface area contributed by atoms with Crippen molar-refractivity contribution in [2.24, 2.45) is 0 Å². The maximum absolute atomic E-state index is 5.48. The van der Waals surface area contributed by atoms with Crippen molar-refractivity contribution in [1.82, 2.24) is 0 Å². The molecule has 0 unspecified atom stereocenters. The molecule has 0 saturated carbocycles. The van der Waals surface area contributed by atoms with Gasteiger partial charge in [-0.05, 0) is 11.6 Å². The number of alkyl halides is 1. The fourth-order valence-electron chi connectivity index (χ4n) is 0.839. The van der Waals surface area contributed by atoms with E-state index in [-0.39, 0.29) is 0 Å². The molecular formula is C8H13IOSi. The molecule has 0 aliphatic carbocycles. The number of halogens is 1. The van der Waals surface area contributed by atoms with Crippen LogP contribution in [0.1, 0.15) is 5.56 Å². The Morgan fingerprint density at radius 3 is 2.36 bits per heavy atom. The molecule has 1 rings (SSSR count). The van der Waals surface area contributed by atoms with Crippen LogP contribution in [0.25, 0.3) is 0 Å². The molecule has 0 bridgehead atoms. The first kappa shape index (κ1) is 9.32. The van der Waals surface area contributed by atoms with Crippen molar-refractivity contribution in [2.45, 2.75) is 24.1 Å². The largest absolute Gasteiger partial charge is 0.474 e. The van der Waals surface area contributed by atoms with Gasteiger partial charge in [0.1, 0.15) is 8.07 Å². The van der Waals surface area contributed by atoms with E-state index in [1.54, 1.807) is 0 Å². The minimum Gasteiger partial charge on any atom is -0.474 e. The average Bonchev–Trinajstić information content (AvgIpc) is 2.32. The van der Waals surface area contributed by atoms with Gasteiger partial charge < -0.3 is 4.42 Å². The van der Waals surface area contributed by atoms with Gasteiger partial charge in [0.2, 0.25) is 0 Å². The number of rotatable bonds is 2. The molecule has 1 aromatic heterocycles. The van der Waals surface area contributed by atoms with Gasteiger partial charge in [-0.1, -0.05) is 42.2 Å². The first-order valence-electron chi connectivity index (χ1n) is 3.68. The van der Waals surface area contributed by atoms with E-state index < -0.39 is 8.07 Å². The Morgan fingerprint density at radius 2 is 2.09 bits per heavy atom. The van der Waals surface area contributed by atoms with Crippen molar-refractivity contribution in [3.63, 3.8) is 0 Å². The summed E-state index contributed by atoms with van der Waals surface area (Å²) in [6, 6.07) is 2.19. The minimum atomic E-state index is -1.20. The Kier molecular flexibility index (Phi) is 2.80. The molecule has 1 aromatic rings. The molecule has 0 spiro atoms. The molecule has 1 nitrogen and oxygen atoms in total. The summed E-state index contributed by atoms with van der Waals surface area (Å²) in [5.74, 6) is 0. The first-order valence-corrected chi connectivity index (χ1v) is 8.70. The molecule has 0 N–H and O–H groups in total. The van der Waals surface area contributed by atoms with E-state index >= 15 is 0 Å². The summed E-state index contributed by atoms with van der Waals surface area (Å²) in [6.45, 7) is 6.88. The fourth-order valence-corrected chi connectivity index (χ4v) is 2.27. The van der Waals surface area contributed by atoms with E-state index in [0.717, 1.165) is 4.43 Å². The van der Waals surface area contributed by atoms with Crippen LogP contribution in [-0.2, 0) is 4.43 Å². The van der Waals surface area contributed by atoms with Crippen molar-refractivity contribution < 1.29 is 4.42 Å². The third-order valence-electron chi connectivity index (χ3n) is 1.55. The van der Waals surface area contributed by atoms with Crippen LogP contribution in [0.4, 0.5) is 0 Å². The van der Waals surface area contributed by atoms with Crippen LogP contribution >= 0.6 is 22.6 Å². The highest BCUT2D eigenvalue weighted by Crippen LogP contribution is 2.09. The second kappa shape index (κ2) is 3.31. The molecule has 0 radical (unpaired) electrons. The Labute approximate surface area is 82.3 Å². The van der Waals surface area contributed by atoms with E-state index in [0.29, 0.717) is 0 Å². The Bertz CT molecular complexity index is 236. The summed E-state index contributed by atoms with van der Waals surface area (Å²) >= 11 is 2.35. The van der Waals surface area contributed by atoms with Crippen LogP contribution in [0.3, 0.4) is 0 Å². The van der Waals surface area contributed by atoms with Crippen LogP contribution < -0.4 is 5.38 Å². The van der Waals surface area contributed by atoms with Crippen LogP contribution in [0.2, 0.25) is 19.6 Å². The predicted molar refractivity (Wildman–Crippen MR) is 59.4 cm³/mol. The van der Waals surface area contributed by atoms with Crippen LogP contribution in [0, 0.1) is 0 Å². The summed E-state index contributed by atoms with van der Waals surface area (Å²) in [7, 11) is -1.20. The van der Waals surface area contributed by atoms with E-state index in [4.69, 9.17) is 4.42 Å². The highest BCUT2D eigenvalue weighted by Gasteiger charge is 2.20. The lowest BCUT2D eigenvalue weighted by Gasteiger charge is -2.10. The van der Waals surface area contributed by atoms with Crippen LogP contribution in [-0.4, -0.2) is 8.07 Å². The van der Waals surface area contributed by atoms with Gasteiger partial charge in [-0.15, -0.1) is 0 Å². The molecule has 0 saturated heterocycles. The Hall–Kier alpha value is 0.227. The maximum atomic E-state index is 5.48. The highest BCUT2D eigenvalue weighted by atomic mass is 127. The maximum Gasteiger partial charge on any atom is 0.123 e. The topological polar surface area (TPSA) is 13.1 Å². The molecule has 0 aliphatic heterocycles. The quantitative estimate of drug-likeness (QED) is 0.461. The summed E-state index contributed by atoms with van der Waals surface area (Å²) in [5.41, 5.74) is 1.31. The smallest absolute Gasteiger partial charge is 0.123 e. The summed E-state index contributed by atoms with van der Waals surface area (Å²) in [4.78, 5) is 0. The highest BCUT2D eigenvalue weighted by molar-refractivity contribution is 14.1.